The van der Waals surface area contributed by atoms with Crippen LogP contribution in [0.4, 0.5) is 0 Å². The van der Waals surface area contributed by atoms with Crippen molar-refractivity contribution in [3.8, 4) is 17.2 Å². The minimum atomic E-state index is 0. The van der Waals surface area contributed by atoms with E-state index in [0.29, 0.717) is 19.0 Å². The van der Waals surface area contributed by atoms with E-state index in [9.17, 15) is 5.11 Å². The third-order valence-electron chi connectivity index (χ3n) is 17.5. The minimum Gasteiger partial charge on any atom is -0.508 e. The summed E-state index contributed by atoms with van der Waals surface area (Å²) in [6.45, 7) is 28.3. The number of likely N-dealkylation sites (N-methyl/N-ethyl adjacent to an activating group) is 5. The molecule has 14 rings (SSSR count). The third kappa shape index (κ3) is 23.2. The Bertz CT molecular complexity index is 3770. The molecule has 93 heavy (non-hydrogen) atoms. The van der Waals surface area contributed by atoms with Gasteiger partial charge in [-0.1, -0.05) is 79.2 Å². The molecule has 0 spiro atoms. The van der Waals surface area contributed by atoms with E-state index < -0.39 is 0 Å². The van der Waals surface area contributed by atoms with Gasteiger partial charge in [0.15, 0.2) is 0 Å². The molecule has 10 aromatic rings. The van der Waals surface area contributed by atoms with E-state index in [4.69, 9.17) is 9.47 Å². The SMILES string of the molecule is Brc1cnc2ccc(OCc3ccccc3)cc2c1.CCN1CCN(C)CC1.CN1CCN(Cc2cnc3ccc(O)cc3c2)CC1.CN1CCN(Cc2cnc3ccc(OCc4ccccc4)cc3c2)CC1.Cc1ccc2ncc(CN3CCN(C)CC3)cc2c1.[K+]. The van der Waals surface area contributed by atoms with Gasteiger partial charge >= 0.3 is 51.4 Å². The Balaban J connectivity index is 0.000000141. The van der Waals surface area contributed by atoms with Crippen LogP contribution in [0.3, 0.4) is 0 Å². The van der Waals surface area contributed by atoms with E-state index in [1.54, 1.807) is 18.3 Å². The molecule has 0 bridgehead atoms. The van der Waals surface area contributed by atoms with Crippen LogP contribution in [0.2, 0.25) is 0 Å². The fourth-order valence-corrected chi connectivity index (χ4v) is 11.9. The summed E-state index contributed by atoms with van der Waals surface area (Å²) in [7, 11) is 8.73. The first-order valence-electron chi connectivity index (χ1n) is 32.7. The molecule has 4 aliphatic rings. The van der Waals surface area contributed by atoms with Crippen molar-refractivity contribution in [3.63, 3.8) is 0 Å². The Morgan fingerprint density at radius 2 is 0.720 bits per heavy atom. The molecule has 4 aromatic heterocycles. The maximum absolute atomic E-state index is 9.53. The van der Waals surface area contributed by atoms with Crippen LogP contribution < -0.4 is 60.9 Å². The number of phenolic OH excluding ortho intramolecular Hbond substituents is 1. The second-order valence-corrected chi connectivity index (χ2v) is 25.9. The van der Waals surface area contributed by atoms with Crippen molar-refractivity contribution in [3.05, 3.63) is 220 Å². The van der Waals surface area contributed by atoms with Crippen LogP contribution in [-0.2, 0) is 32.8 Å². The smallest absolute Gasteiger partial charge is 0.508 e. The van der Waals surface area contributed by atoms with Crippen molar-refractivity contribution in [2.75, 3.05) is 139 Å². The molecule has 4 saturated heterocycles. The van der Waals surface area contributed by atoms with Gasteiger partial charge in [0, 0.05) is 175 Å². The first kappa shape index (κ1) is 71.4. The standard InChI is InChI=1S/C22H25N3O.C16H12BrNO.C16H21N3.C15H19N3O.C7H16N2.K/c1-24-9-11-25(12-10-24)16-19-13-20-14-21(7-8-22(20)23-15-19)26-17-18-5-3-2-4-6-18;17-14-8-13-9-15(6-7-16(13)18-10-14)19-11-12-4-2-1-3-5-12;1-13-3-4-16-15(9-13)10-14(11-17-16)12-19-7-5-18(2)6-8-19;1-17-4-6-18(7-5-17)11-12-8-13-9-14(19)2-3-15(13)16-10-12;1-3-9-6-4-8(2)5-7-9;/h2-8,13-15H,9-12,16-17H2,1H3;1-10H,11H2;3-4,9-11H,5-8,12H2,1-2H3;2-3,8-10,19H,4-7,11H2,1H3;3-7H2,1-2H3;/q;;;;;+1. The number of pyridine rings is 4. The van der Waals surface area contributed by atoms with E-state index in [-0.39, 0.29) is 51.4 Å². The van der Waals surface area contributed by atoms with Gasteiger partial charge in [0.05, 0.1) is 22.1 Å². The van der Waals surface area contributed by atoms with Gasteiger partial charge in [-0.2, -0.15) is 0 Å². The van der Waals surface area contributed by atoms with Crippen LogP contribution in [0.25, 0.3) is 43.6 Å². The van der Waals surface area contributed by atoms with Gasteiger partial charge in [-0.25, -0.2) is 0 Å². The van der Waals surface area contributed by atoms with Crippen molar-refractivity contribution >= 4 is 59.5 Å². The summed E-state index contributed by atoms with van der Waals surface area (Å²) < 4.78 is 12.7. The Labute approximate surface area is 602 Å². The molecule has 15 nitrogen and oxygen atoms in total. The van der Waals surface area contributed by atoms with Gasteiger partial charge in [0.1, 0.15) is 30.5 Å². The van der Waals surface area contributed by atoms with Crippen molar-refractivity contribution in [1.82, 2.24) is 59.1 Å². The zero-order chi connectivity index (χ0) is 64.0. The number of rotatable bonds is 13. The molecule has 0 unspecified atom stereocenters. The molecule has 0 amide bonds. The number of piperazine rings is 4. The molecular weight excluding hydrogens is 1250 g/mol. The molecule has 482 valence electrons. The Hall–Kier alpha value is -5.84. The number of benzene rings is 6. The first-order valence-corrected chi connectivity index (χ1v) is 33.4. The van der Waals surface area contributed by atoms with Gasteiger partial charge in [-0.15, -0.1) is 0 Å². The van der Waals surface area contributed by atoms with E-state index >= 15 is 0 Å². The number of hydrogen-bond acceptors (Lipinski definition) is 15. The number of aryl methyl sites for hydroxylation is 1. The summed E-state index contributed by atoms with van der Waals surface area (Å²) in [6, 6.07) is 52.9. The zero-order valence-corrected chi connectivity index (χ0v) is 60.6. The zero-order valence-electron chi connectivity index (χ0n) is 55.9. The Morgan fingerprint density at radius 1 is 0.376 bits per heavy atom. The number of halogens is 1. The third-order valence-corrected chi connectivity index (χ3v) is 17.9. The van der Waals surface area contributed by atoms with Crippen molar-refractivity contribution in [2.24, 2.45) is 0 Å². The summed E-state index contributed by atoms with van der Waals surface area (Å²) in [4.78, 5) is 37.4. The number of phenols is 1. The average Bonchev–Trinajstić information content (AvgIpc) is 1.16. The molecule has 4 fully saturated rings. The number of fused-ring (bicyclic) bond motifs is 4. The summed E-state index contributed by atoms with van der Waals surface area (Å²) >= 11 is 3.43. The van der Waals surface area contributed by atoms with Gasteiger partial charge < -0.3 is 39.1 Å². The molecule has 17 heteroatoms. The van der Waals surface area contributed by atoms with Gasteiger partial charge in [0.2, 0.25) is 0 Å². The predicted molar refractivity (Wildman–Crippen MR) is 381 cm³/mol. The van der Waals surface area contributed by atoms with Gasteiger partial charge in [-0.05, 0) is 176 Å². The van der Waals surface area contributed by atoms with Crippen LogP contribution in [0.15, 0.2) is 187 Å². The monoisotopic (exact) mass is 1340 g/mol. The topological polar surface area (TPSA) is 116 Å². The van der Waals surface area contributed by atoms with Crippen molar-refractivity contribution in [2.45, 2.75) is 46.7 Å². The number of aromatic nitrogens is 4. The van der Waals surface area contributed by atoms with Crippen LogP contribution in [0, 0.1) is 6.92 Å². The summed E-state index contributed by atoms with van der Waals surface area (Å²) in [5.41, 5.74) is 11.4. The average molecular weight is 1340 g/mol. The number of aromatic hydroxyl groups is 1. The number of nitrogens with zero attached hydrogens (tertiary/aromatic N) is 12. The number of hydrogen-bond donors (Lipinski definition) is 1. The van der Waals surface area contributed by atoms with Crippen LogP contribution in [-0.4, -0.2) is 204 Å². The van der Waals surface area contributed by atoms with Gasteiger partial charge in [0.25, 0.3) is 0 Å². The summed E-state index contributed by atoms with van der Waals surface area (Å²) in [5, 5.41) is 14.0. The van der Waals surface area contributed by atoms with Crippen LogP contribution in [0.5, 0.6) is 17.2 Å². The van der Waals surface area contributed by atoms with Gasteiger partial charge in [-0.3, -0.25) is 34.6 Å². The molecule has 6 aromatic carbocycles. The molecule has 0 atom stereocenters. The number of ether oxygens (including phenoxy) is 2. The van der Waals surface area contributed by atoms with E-state index in [0.717, 1.165) is 145 Å². The maximum Gasteiger partial charge on any atom is 1.00 e. The fraction of sp³-hybridized carbons (Fsp3) is 0.368. The normalized spacial score (nSPS) is 16.4. The van der Waals surface area contributed by atoms with Crippen LogP contribution in [0.1, 0.15) is 40.3 Å². The largest absolute Gasteiger partial charge is 1.00 e. The van der Waals surface area contributed by atoms with Crippen molar-refractivity contribution in [1.29, 1.82) is 0 Å². The van der Waals surface area contributed by atoms with E-state index in [1.165, 1.54) is 79.0 Å². The van der Waals surface area contributed by atoms with Crippen LogP contribution >= 0.6 is 15.9 Å². The molecule has 8 heterocycles. The maximum atomic E-state index is 9.53. The quantitative estimate of drug-likeness (QED) is 0.111. The van der Waals surface area contributed by atoms with Crippen molar-refractivity contribution < 1.29 is 66.0 Å². The fourth-order valence-electron chi connectivity index (χ4n) is 11.6. The Kier molecular flexibility index (Phi) is 28.3. The molecular formula is C76H93BrKN12O3+. The second-order valence-electron chi connectivity index (χ2n) is 25.0. The van der Waals surface area contributed by atoms with E-state index in [2.05, 4.69) is 184 Å². The first-order chi connectivity index (χ1) is 44.8. The Morgan fingerprint density at radius 3 is 1.13 bits per heavy atom. The molecule has 1 N–H and O–H groups in total. The summed E-state index contributed by atoms with van der Waals surface area (Å²) in [6.07, 6.45) is 7.77. The second kappa shape index (κ2) is 36.9. The minimum absolute atomic E-state index is 0. The predicted octanol–water partition coefficient (Wildman–Crippen LogP) is 9.37. The molecule has 0 aliphatic carbocycles. The molecule has 0 radical (unpaired) electrons. The molecule has 0 saturated carbocycles. The van der Waals surface area contributed by atoms with E-state index in [1.807, 2.05) is 97.5 Å². The summed E-state index contributed by atoms with van der Waals surface area (Å²) in [5.74, 6) is 2.04. The molecule has 4 aliphatic heterocycles.